The first-order chi connectivity index (χ1) is 11.0. The number of thioether (sulfide) groups is 1. The first-order valence-corrected chi connectivity index (χ1v) is 11.0. The van der Waals surface area contributed by atoms with Gasteiger partial charge in [-0.3, -0.25) is 0 Å². The smallest absolute Gasteiger partial charge is 0.0708 e. The summed E-state index contributed by atoms with van der Waals surface area (Å²) in [5.74, 6) is 9.70. The fraction of sp³-hybridized carbons (Fsp3) is 0.905. The predicted molar refractivity (Wildman–Crippen MR) is 107 cm³/mol. The second kappa shape index (κ2) is 14.2. The topological polar surface area (TPSA) is 20.2 Å². The molecule has 0 aliphatic heterocycles. The van der Waals surface area contributed by atoms with E-state index in [0.717, 1.165) is 44.3 Å². The van der Waals surface area contributed by atoms with Crippen LogP contribution in [-0.2, 0) is 0 Å². The van der Waals surface area contributed by atoms with Gasteiger partial charge < -0.3 is 5.11 Å². The van der Waals surface area contributed by atoms with Crippen LogP contribution in [0.1, 0.15) is 92.4 Å². The first kappa shape index (κ1) is 22.9. The molecule has 23 heavy (non-hydrogen) atoms. The Morgan fingerprint density at radius 3 is 2.17 bits per heavy atom. The van der Waals surface area contributed by atoms with Crippen LogP contribution in [0, 0.1) is 23.2 Å². The third-order valence-corrected chi connectivity index (χ3v) is 5.80. The second-order valence-electron chi connectivity index (χ2n) is 6.97. The molecular formula is C21H40OS. The lowest BCUT2D eigenvalue weighted by molar-refractivity contribution is 0.0232. The van der Waals surface area contributed by atoms with Crippen LogP contribution in [0.25, 0.3) is 0 Å². The molecule has 1 nitrogen and oxygen atoms in total. The molecule has 0 radical (unpaired) electrons. The quantitative estimate of drug-likeness (QED) is 0.314. The maximum absolute atomic E-state index is 10.9. The van der Waals surface area contributed by atoms with E-state index in [2.05, 4.69) is 46.5 Å². The Bertz CT molecular complexity index is 328. The lowest BCUT2D eigenvalue weighted by Gasteiger charge is -2.37. The Morgan fingerprint density at radius 1 is 0.957 bits per heavy atom. The van der Waals surface area contributed by atoms with Crippen LogP contribution >= 0.6 is 11.8 Å². The van der Waals surface area contributed by atoms with Crippen molar-refractivity contribution in [2.24, 2.45) is 11.3 Å². The molecule has 0 aliphatic carbocycles. The molecule has 0 amide bonds. The molecule has 136 valence electrons. The van der Waals surface area contributed by atoms with E-state index < -0.39 is 0 Å². The van der Waals surface area contributed by atoms with Crippen molar-refractivity contribution in [2.45, 2.75) is 98.5 Å². The highest BCUT2D eigenvalue weighted by Crippen LogP contribution is 2.38. The maximum Gasteiger partial charge on any atom is 0.0708 e. The minimum atomic E-state index is -0.289. The normalized spacial score (nSPS) is 15.1. The summed E-state index contributed by atoms with van der Waals surface area (Å²) >= 11 is 2.03. The minimum absolute atomic E-state index is 0.220. The highest BCUT2D eigenvalue weighted by atomic mass is 32.2. The summed E-state index contributed by atoms with van der Waals surface area (Å²) in [6, 6.07) is 0. The molecule has 0 aromatic rings. The Labute approximate surface area is 150 Å². The average Bonchev–Trinajstić information content (AvgIpc) is 2.54. The Morgan fingerprint density at radius 2 is 1.61 bits per heavy atom. The number of hydrogen-bond donors (Lipinski definition) is 1. The van der Waals surface area contributed by atoms with Crippen molar-refractivity contribution in [3.8, 4) is 11.8 Å². The van der Waals surface area contributed by atoms with Crippen LogP contribution in [0.3, 0.4) is 0 Å². The Hall–Kier alpha value is -0.130. The van der Waals surface area contributed by atoms with Gasteiger partial charge in [0.1, 0.15) is 0 Å². The molecule has 1 N–H and O–H groups in total. The van der Waals surface area contributed by atoms with Crippen LogP contribution < -0.4 is 0 Å². The number of unbranched alkanes of at least 4 members (excludes halogenated alkanes) is 4. The molecule has 0 rings (SSSR count). The molecule has 2 unspecified atom stereocenters. The van der Waals surface area contributed by atoms with Crippen molar-refractivity contribution < 1.29 is 5.11 Å². The summed E-state index contributed by atoms with van der Waals surface area (Å²) in [6.07, 6.45) is 9.72. The van der Waals surface area contributed by atoms with Gasteiger partial charge in [-0.2, -0.15) is 11.8 Å². The molecule has 0 saturated carbocycles. The highest BCUT2D eigenvalue weighted by Gasteiger charge is 2.38. The molecule has 2 atom stereocenters. The Balaban J connectivity index is 4.95. The van der Waals surface area contributed by atoms with Crippen LogP contribution in [0.4, 0.5) is 0 Å². The van der Waals surface area contributed by atoms with Crippen LogP contribution in [0.5, 0.6) is 0 Å². The van der Waals surface area contributed by atoms with Crippen molar-refractivity contribution >= 4 is 11.8 Å². The van der Waals surface area contributed by atoms with Crippen molar-refractivity contribution in [1.29, 1.82) is 0 Å². The number of aliphatic hydroxyl groups excluding tert-OH is 1. The van der Waals surface area contributed by atoms with Gasteiger partial charge in [-0.1, -0.05) is 66.2 Å². The van der Waals surface area contributed by atoms with E-state index in [1.807, 2.05) is 11.8 Å². The monoisotopic (exact) mass is 340 g/mol. The van der Waals surface area contributed by atoms with Gasteiger partial charge in [0.2, 0.25) is 0 Å². The molecule has 0 heterocycles. The SMILES string of the molecule is CCCCC#CC(CCSCCCC)(C(C)C)C(O)CCCC. The molecule has 0 fully saturated rings. The van der Waals surface area contributed by atoms with Crippen molar-refractivity contribution in [3.05, 3.63) is 0 Å². The van der Waals surface area contributed by atoms with Gasteiger partial charge in [-0.05, 0) is 43.1 Å². The Kier molecular flexibility index (Phi) is 14.2. The molecular weight excluding hydrogens is 300 g/mol. The zero-order valence-electron chi connectivity index (χ0n) is 16.3. The molecule has 0 aromatic heterocycles. The third-order valence-electron chi connectivity index (χ3n) is 4.73. The molecule has 0 bridgehead atoms. The van der Waals surface area contributed by atoms with E-state index in [1.165, 1.54) is 25.0 Å². The van der Waals surface area contributed by atoms with Crippen LogP contribution in [0.15, 0.2) is 0 Å². The summed E-state index contributed by atoms with van der Waals surface area (Å²) in [4.78, 5) is 0. The zero-order chi connectivity index (χ0) is 17.6. The summed E-state index contributed by atoms with van der Waals surface area (Å²) < 4.78 is 0. The average molecular weight is 341 g/mol. The van der Waals surface area contributed by atoms with Crippen molar-refractivity contribution in [1.82, 2.24) is 0 Å². The highest BCUT2D eigenvalue weighted by molar-refractivity contribution is 7.99. The third kappa shape index (κ3) is 9.06. The molecule has 0 aromatic carbocycles. The van der Waals surface area contributed by atoms with Crippen molar-refractivity contribution in [2.75, 3.05) is 11.5 Å². The van der Waals surface area contributed by atoms with Crippen LogP contribution in [0.2, 0.25) is 0 Å². The summed E-state index contributed by atoms with van der Waals surface area (Å²) in [6.45, 7) is 11.1. The van der Waals surface area contributed by atoms with Gasteiger partial charge in [0.05, 0.1) is 11.5 Å². The number of rotatable bonds is 13. The second-order valence-corrected chi connectivity index (χ2v) is 8.20. The maximum atomic E-state index is 10.9. The molecule has 0 aliphatic rings. The van der Waals surface area contributed by atoms with E-state index in [4.69, 9.17) is 0 Å². The van der Waals surface area contributed by atoms with Gasteiger partial charge >= 0.3 is 0 Å². The summed E-state index contributed by atoms with van der Waals surface area (Å²) in [7, 11) is 0. The van der Waals surface area contributed by atoms with Gasteiger partial charge in [0.15, 0.2) is 0 Å². The summed E-state index contributed by atoms with van der Waals surface area (Å²) in [5.41, 5.74) is -0.220. The van der Waals surface area contributed by atoms with Gasteiger partial charge in [0.25, 0.3) is 0 Å². The number of aliphatic hydroxyl groups is 1. The van der Waals surface area contributed by atoms with E-state index in [1.54, 1.807) is 0 Å². The number of hydrogen-bond acceptors (Lipinski definition) is 2. The molecule has 2 heteroatoms. The summed E-state index contributed by atoms with van der Waals surface area (Å²) in [5, 5.41) is 10.9. The standard InChI is InChI=1S/C21H40OS/c1-6-9-12-13-15-21(19(4)5,20(22)14-10-7-2)16-18-23-17-11-8-3/h19-20,22H,6-12,14,16-18H2,1-5H3. The van der Waals surface area contributed by atoms with Gasteiger partial charge in [-0.25, -0.2) is 0 Å². The predicted octanol–water partition coefficient (Wildman–Crippen LogP) is 6.30. The van der Waals surface area contributed by atoms with E-state index in [9.17, 15) is 5.11 Å². The fourth-order valence-corrected chi connectivity index (χ4v) is 4.05. The molecule has 0 spiro atoms. The van der Waals surface area contributed by atoms with E-state index in [0.29, 0.717) is 5.92 Å². The molecule has 0 saturated heterocycles. The first-order valence-electron chi connectivity index (χ1n) is 9.80. The zero-order valence-corrected chi connectivity index (χ0v) is 17.1. The van der Waals surface area contributed by atoms with E-state index in [-0.39, 0.29) is 11.5 Å². The van der Waals surface area contributed by atoms with Gasteiger partial charge in [-0.15, -0.1) is 5.92 Å². The largest absolute Gasteiger partial charge is 0.392 e. The van der Waals surface area contributed by atoms with E-state index >= 15 is 0 Å². The van der Waals surface area contributed by atoms with Crippen LogP contribution in [-0.4, -0.2) is 22.7 Å². The van der Waals surface area contributed by atoms with Gasteiger partial charge in [0, 0.05) is 6.42 Å². The van der Waals surface area contributed by atoms with Crippen molar-refractivity contribution in [3.63, 3.8) is 0 Å². The fourth-order valence-electron chi connectivity index (χ4n) is 2.87. The lowest BCUT2D eigenvalue weighted by atomic mass is 9.69. The minimum Gasteiger partial charge on any atom is -0.392 e. The lowest BCUT2D eigenvalue weighted by Crippen LogP contribution is -2.39.